The number of rotatable bonds is 2. The molecule has 1 fully saturated rings. The van der Waals surface area contributed by atoms with Crippen molar-refractivity contribution in [1.82, 2.24) is 4.31 Å². The summed E-state index contributed by atoms with van der Waals surface area (Å²) in [6.45, 7) is 0.137. The van der Waals surface area contributed by atoms with E-state index in [0.717, 1.165) is 4.31 Å². The van der Waals surface area contributed by atoms with Crippen LogP contribution in [0.25, 0.3) is 0 Å². The van der Waals surface area contributed by atoms with Crippen molar-refractivity contribution in [2.75, 3.05) is 13.1 Å². The van der Waals surface area contributed by atoms with Crippen molar-refractivity contribution in [1.29, 1.82) is 0 Å². The summed E-state index contributed by atoms with van der Waals surface area (Å²) in [6, 6.07) is 1.22. The quantitative estimate of drug-likeness (QED) is 0.822. The second-order valence-electron chi connectivity index (χ2n) is 4.88. The largest absolute Gasteiger partial charge is 0.416 e. The van der Waals surface area contributed by atoms with Crippen molar-refractivity contribution < 1.29 is 26.0 Å². The van der Waals surface area contributed by atoms with Crippen LogP contribution in [0.1, 0.15) is 18.4 Å². The number of benzene rings is 1. The van der Waals surface area contributed by atoms with E-state index in [1.54, 1.807) is 0 Å². The molecule has 1 aromatic carbocycles. The van der Waals surface area contributed by atoms with Gasteiger partial charge in [0.25, 0.3) is 0 Å². The van der Waals surface area contributed by atoms with Crippen LogP contribution in [0.2, 0.25) is 0 Å². The first kappa shape index (κ1) is 19.1. The van der Waals surface area contributed by atoms with Gasteiger partial charge in [-0.25, -0.2) is 12.8 Å². The van der Waals surface area contributed by atoms with Crippen LogP contribution in [0.15, 0.2) is 23.1 Å². The summed E-state index contributed by atoms with van der Waals surface area (Å²) in [6.07, 6.45) is -3.96. The Balaban J connectivity index is 0.00000242. The molecule has 0 bridgehead atoms. The van der Waals surface area contributed by atoms with Crippen LogP contribution >= 0.6 is 12.4 Å². The smallest absolute Gasteiger partial charge is 0.328 e. The van der Waals surface area contributed by atoms with Crippen LogP contribution in [-0.2, 0) is 16.2 Å². The van der Waals surface area contributed by atoms with E-state index in [0.29, 0.717) is 31.0 Å². The minimum Gasteiger partial charge on any atom is -0.328 e. The summed E-state index contributed by atoms with van der Waals surface area (Å²) in [5.74, 6) is -1.20. The number of hydrogen-bond acceptors (Lipinski definition) is 3. The molecular formula is C12H15ClF4N2O2S. The van der Waals surface area contributed by atoms with E-state index < -0.39 is 32.5 Å². The molecule has 0 saturated carbocycles. The molecule has 22 heavy (non-hydrogen) atoms. The van der Waals surface area contributed by atoms with Gasteiger partial charge in [-0.05, 0) is 31.0 Å². The Bertz CT molecular complexity index is 629. The zero-order valence-electron chi connectivity index (χ0n) is 11.3. The Morgan fingerprint density at radius 3 is 2.23 bits per heavy atom. The lowest BCUT2D eigenvalue weighted by Gasteiger charge is -2.29. The lowest BCUT2D eigenvalue weighted by molar-refractivity contribution is -0.137. The Labute approximate surface area is 131 Å². The third-order valence-electron chi connectivity index (χ3n) is 3.37. The van der Waals surface area contributed by atoms with Gasteiger partial charge in [0.15, 0.2) is 0 Å². The van der Waals surface area contributed by atoms with E-state index >= 15 is 0 Å². The van der Waals surface area contributed by atoms with Gasteiger partial charge in [-0.1, -0.05) is 0 Å². The molecule has 0 unspecified atom stereocenters. The lowest BCUT2D eigenvalue weighted by Crippen LogP contribution is -2.43. The van der Waals surface area contributed by atoms with Gasteiger partial charge in [0.2, 0.25) is 10.0 Å². The van der Waals surface area contributed by atoms with Crippen molar-refractivity contribution in [2.45, 2.75) is 30.0 Å². The number of nitrogens with two attached hydrogens (primary N) is 1. The summed E-state index contributed by atoms with van der Waals surface area (Å²) in [5, 5.41) is 0. The van der Waals surface area contributed by atoms with Crippen LogP contribution in [0, 0.1) is 5.82 Å². The van der Waals surface area contributed by atoms with Gasteiger partial charge in [0, 0.05) is 19.1 Å². The minimum absolute atomic E-state index is 0. The molecule has 0 aromatic heterocycles. The van der Waals surface area contributed by atoms with Gasteiger partial charge in [0.05, 0.1) is 5.56 Å². The molecule has 1 saturated heterocycles. The third-order valence-corrected chi connectivity index (χ3v) is 5.29. The highest BCUT2D eigenvalue weighted by molar-refractivity contribution is 7.89. The van der Waals surface area contributed by atoms with Crippen LogP contribution in [0.5, 0.6) is 0 Å². The molecule has 0 aliphatic carbocycles. The zero-order chi connectivity index (χ0) is 15.8. The highest BCUT2D eigenvalue weighted by Gasteiger charge is 2.35. The number of nitrogens with zero attached hydrogens (tertiary/aromatic N) is 1. The molecule has 0 atom stereocenters. The Morgan fingerprint density at radius 2 is 1.73 bits per heavy atom. The van der Waals surface area contributed by atoms with E-state index in [9.17, 15) is 26.0 Å². The highest BCUT2D eigenvalue weighted by Crippen LogP contribution is 2.32. The van der Waals surface area contributed by atoms with Crippen molar-refractivity contribution in [3.05, 3.63) is 29.6 Å². The zero-order valence-corrected chi connectivity index (χ0v) is 12.9. The molecule has 1 aliphatic heterocycles. The van der Waals surface area contributed by atoms with Crippen LogP contribution < -0.4 is 5.73 Å². The maximum absolute atomic E-state index is 13.7. The fourth-order valence-corrected chi connectivity index (χ4v) is 3.69. The van der Waals surface area contributed by atoms with Crippen molar-refractivity contribution >= 4 is 22.4 Å². The fraction of sp³-hybridized carbons (Fsp3) is 0.500. The topological polar surface area (TPSA) is 63.4 Å². The third kappa shape index (κ3) is 3.89. The first-order valence-electron chi connectivity index (χ1n) is 6.25. The van der Waals surface area contributed by atoms with Crippen molar-refractivity contribution in [3.63, 3.8) is 0 Å². The van der Waals surface area contributed by atoms with Gasteiger partial charge in [-0.2, -0.15) is 17.5 Å². The summed E-state index contributed by atoms with van der Waals surface area (Å²) >= 11 is 0. The second kappa shape index (κ2) is 6.69. The van der Waals surface area contributed by atoms with Crippen LogP contribution in [0.3, 0.4) is 0 Å². The van der Waals surface area contributed by atoms with Gasteiger partial charge in [-0.3, -0.25) is 0 Å². The van der Waals surface area contributed by atoms with E-state index in [-0.39, 0.29) is 31.5 Å². The summed E-state index contributed by atoms with van der Waals surface area (Å²) in [7, 11) is -4.30. The molecule has 0 radical (unpaired) electrons. The van der Waals surface area contributed by atoms with Gasteiger partial charge >= 0.3 is 6.18 Å². The second-order valence-corrected chi connectivity index (χ2v) is 6.79. The molecule has 4 nitrogen and oxygen atoms in total. The number of sulfonamides is 1. The molecule has 0 amide bonds. The number of piperidine rings is 1. The predicted octanol–water partition coefficient (Wildman–Crippen LogP) is 2.38. The molecule has 1 aromatic rings. The minimum atomic E-state index is -4.73. The normalized spacial score (nSPS) is 18.0. The molecule has 10 heteroatoms. The molecule has 1 heterocycles. The SMILES string of the molecule is Cl.NC1CCN(S(=O)(=O)c2cc(C(F)(F)F)ccc2F)CC1. The van der Waals surface area contributed by atoms with Gasteiger partial charge in [0.1, 0.15) is 10.7 Å². The van der Waals surface area contributed by atoms with E-state index in [4.69, 9.17) is 5.73 Å². The van der Waals surface area contributed by atoms with E-state index in [2.05, 4.69) is 0 Å². The molecule has 2 N–H and O–H groups in total. The Hall–Kier alpha value is -0.900. The van der Waals surface area contributed by atoms with Crippen molar-refractivity contribution in [2.24, 2.45) is 5.73 Å². The monoisotopic (exact) mass is 362 g/mol. The Morgan fingerprint density at radius 1 is 1.18 bits per heavy atom. The number of halogens is 5. The first-order chi connectivity index (χ1) is 9.62. The average Bonchev–Trinajstić information content (AvgIpc) is 2.38. The van der Waals surface area contributed by atoms with Gasteiger partial charge in [-0.15, -0.1) is 12.4 Å². The molecule has 0 spiro atoms. The standard InChI is InChI=1S/C12H14F4N2O2S.ClH/c13-10-2-1-8(12(14,15)16)7-11(10)21(19,20)18-5-3-9(17)4-6-18;/h1-2,7,9H,3-6,17H2;1H. The molecular weight excluding hydrogens is 348 g/mol. The average molecular weight is 363 g/mol. The molecule has 126 valence electrons. The summed E-state index contributed by atoms with van der Waals surface area (Å²) in [5.41, 5.74) is 4.45. The van der Waals surface area contributed by atoms with Crippen LogP contribution in [-0.4, -0.2) is 31.9 Å². The predicted molar refractivity (Wildman–Crippen MR) is 74.6 cm³/mol. The molecule has 1 aliphatic rings. The highest BCUT2D eigenvalue weighted by atomic mass is 35.5. The number of alkyl halides is 3. The number of hydrogen-bond donors (Lipinski definition) is 1. The summed E-state index contributed by atoms with van der Waals surface area (Å²) in [4.78, 5) is -0.951. The van der Waals surface area contributed by atoms with E-state index in [1.807, 2.05) is 0 Å². The molecule has 2 rings (SSSR count). The van der Waals surface area contributed by atoms with E-state index in [1.165, 1.54) is 0 Å². The van der Waals surface area contributed by atoms with Crippen molar-refractivity contribution in [3.8, 4) is 0 Å². The Kier molecular flexibility index (Phi) is 5.82. The van der Waals surface area contributed by atoms with Crippen LogP contribution in [0.4, 0.5) is 17.6 Å². The lowest BCUT2D eigenvalue weighted by atomic mass is 10.1. The maximum atomic E-state index is 13.7. The summed E-state index contributed by atoms with van der Waals surface area (Å²) < 4.78 is 77.1. The maximum Gasteiger partial charge on any atom is 0.416 e. The first-order valence-corrected chi connectivity index (χ1v) is 7.69. The fourth-order valence-electron chi connectivity index (χ4n) is 2.13. The van der Waals surface area contributed by atoms with Gasteiger partial charge < -0.3 is 5.73 Å².